The van der Waals surface area contributed by atoms with E-state index in [1.807, 2.05) is 36.4 Å². The molecule has 0 spiro atoms. The molecule has 30 heavy (non-hydrogen) atoms. The maximum atomic E-state index is 12.2. The summed E-state index contributed by atoms with van der Waals surface area (Å²) in [4.78, 5) is 36.2. The smallest absolute Gasteiger partial charge is 0.347 e. The van der Waals surface area contributed by atoms with E-state index in [9.17, 15) is 14.4 Å². The lowest BCUT2D eigenvalue weighted by Crippen LogP contribution is -2.45. The van der Waals surface area contributed by atoms with Gasteiger partial charge in [-0.25, -0.2) is 9.59 Å². The molecule has 2 atom stereocenters. The first kappa shape index (κ1) is 22.4. The lowest BCUT2D eigenvalue weighted by molar-refractivity contribution is -0.155. The summed E-state index contributed by atoms with van der Waals surface area (Å²) in [7, 11) is 1.23. The number of hydrogen-bond acceptors (Lipinski definition) is 7. The summed E-state index contributed by atoms with van der Waals surface area (Å²) < 4.78 is 15.1. The number of nitriles is 1. The second kappa shape index (κ2) is 11.2. The number of esters is 2. The van der Waals surface area contributed by atoms with E-state index < -0.39 is 36.6 Å². The molecule has 0 saturated carbocycles. The van der Waals surface area contributed by atoms with Gasteiger partial charge in [-0.2, -0.15) is 5.26 Å². The predicted molar refractivity (Wildman–Crippen MR) is 106 cm³/mol. The molecule has 8 heteroatoms. The molecule has 2 aromatic carbocycles. The van der Waals surface area contributed by atoms with Crippen molar-refractivity contribution < 1.29 is 28.6 Å². The zero-order valence-corrected chi connectivity index (χ0v) is 16.7. The number of amides is 1. The van der Waals surface area contributed by atoms with Crippen LogP contribution in [-0.4, -0.2) is 43.7 Å². The largest absolute Gasteiger partial charge is 0.479 e. The van der Waals surface area contributed by atoms with E-state index in [0.29, 0.717) is 11.3 Å². The van der Waals surface area contributed by atoms with Crippen molar-refractivity contribution in [2.24, 2.45) is 0 Å². The van der Waals surface area contributed by atoms with E-state index in [0.717, 1.165) is 5.56 Å². The molecule has 0 aliphatic carbocycles. The third-order valence-electron chi connectivity index (χ3n) is 4.08. The summed E-state index contributed by atoms with van der Waals surface area (Å²) in [6, 6.07) is 16.4. The summed E-state index contributed by atoms with van der Waals surface area (Å²) in [5, 5.41) is 11.3. The van der Waals surface area contributed by atoms with Crippen molar-refractivity contribution in [1.29, 1.82) is 5.26 Å². The Bertz CT molecular complexity index is 905. The highest BCUT2D eigenvalue weighted by Gasteiger charge is 2.23. The number of benzene rings is 2. The van der Waals surface area contributed by atoms with Crippen LogP contribution in [0.4, 0.5) is 0 Å². The van der Waals surface area contributed by atoms with E-state index >= 15 is 0 Å². The number of rotatable bonds is 9. The summed E-state index contributed by atoms with van der Waals surface area (Å²) >= 11 is 0. The van der Waals surface area contributed by atoms with E-state index in [4.69, 9.17) is 19.5 Å². The third kappa shape index (κ3) is 6.95. The highest BCUT2D eigenvalue weighted by molar-refractivity contribution is 5.86. The molecule has 8 nitrogen and oxygen atoms in total. The Balaban J connectivity index is 1.85. The van der Waals surface area contributed by atoms with Crippen LogP contribution in [0.15, 0.2) is 54.6 Å². The molecule has 2 rings (SSSR count). The Kier molecular flexibility index (Phi) is 8.39. The van der Waals surface area contributed by atoms with Crippen molar-refractivity contribution in [1.82, 2.24) is 5.32 Å². The van der Waals surface area contributed by atoms with Crippen molar-refractivity contribution in [3.63, 3.8) is 0 Å². The average molecular weight is 410 g/mol. The number of nitrogens with one attached hydrogen (secondary N) is 1. The Labute approximate surface area is 174 Å². The predicted octanol–water partition coefficient (Wildman–Crippen LogP) is 1.77. The van der Waals surface area contributed by atoms with Gasteiger partial charge < -0.3 is 19.5 Å². The summed E-state index contributed by atoms with van der Waals surface area (Å²) in [6.45, 7) is 0.910. The highest BCUT2D eigenvalue weighted by atomic mass is 16.6. The molecule has 156 valence electrons. The molecule has 1 amide bonds. The van der Waals surface area contributed by atoms with Gasteiger partial charge in [-0.05, 0) is 36.8 Å². The number of hydrogen-bond donors (Lipinski definition) is 1. The molecule has 0 fully saturated rings. The van der Waals surface area contributed by atoms with Gasteiger partial charge in [0.05, 0.1) is 18.7 Å². The van der Waals surface area contributed by atoms with Gasteiger partial charge in [0.2, 0.25) is 0 Å². The fourth-order valence-corrected chi connectivity index (χ4v) is 2.54. The third-order valence-corrected chi connectivity index (χ3v) is 4.08. The van der Waals surface area contributed by atoms with Crippen LogP contribution >= 0.6 is 0 Å². The lowest BCUT2D eigenvalue weighted by atomic mass is 10.1. The molecule has 0 bridgehead atoms. The fraction of sp³-hybridized carbons (Fsp3) is 0.273. The van der Waals surface area contributed by atoms with Crippen LogP contribution in [0, 0.1) is 11.3 Å². The van der Waals surface area contributed by atoms with Crippen molar-refractivity contribution in [2.75, 3.05) is 13.7 Å². The lowest BCUT2D eigenvalue weighted by Gasteiger charge is -2.17. The number of carbonyl (C=O) groups excluding carboxylic acids is 3. The maximum absolute atomic E-state index is 12.2. The Morgan fingerprint density at radius 1 is 1.03 bits per heavy atom. The first-order chi connectivity index (χ1) is 14.4. The maximum Gasteiger partial charge on any atom is 0.347 e. The van der Waals surface area contributed by atoms with E-state index in [1.54, 1.807) is 24.3 Å². The quantitative estimate of drug-likeness (QED) is 0.627. The highest BCUT2D eigenvalue weighted by Crippen LogP contribution is 2.14. The van der Waals surface area contributed by atoms with Gasteiger partial charge in [0.25, 0.3) is 5.91 Å². The molecule has 0 aromatic heterocycles. The van der Waals surface area contributed by atoms with Crippen LogP contribution in [0.25, 0.3) is 0 Å². The number of carbonyl (C=O) groups is 3. The van der Waals surface area contributed by atoms with Crippen molar-refractivity contribution in [2.45, 2.75) is 25.5 Å². The second-order valence-corrected chi connectivity index (χ2v) is 6.34. The summed E-state index contributed by atoms with van der Waals surface area (Å²) in [5.41, 5.74) is 1.31. The summed E-state index contributed by atoms with van der Waals surface area (Å²) in [5.74, 6) is -1.60. The van der Waals surface area contributed by atoms with Gasteiger partial charge in [-0.3, -0.25) is 4.79 Å². The van der Waals surface area contributed by atoms with Crippen molar-refractivity contribution in [3.05, 3.63) is 65.7 Å². The second-order valence-electron chi connectivity index (χ2n) is 6.34. The molecular weight excluding hydrogens is 388 g/mol. The van der Waals surface area contributed by atoms with Crippen LogP contribution in [0.2, 0.25) is 0 Å². The van der Waals surface area contributed by atoms with Crippen LogP contribution in [0.3, 0.4) is 0 Å². The topological polar surface area (TPSA) is 115 Å². The minimum Gasteiger partial charge on any atom is -0.479 e. The molecule has 2 aromatic rings. The van der Waals surface area contributed by atoms with Crippen LogP contribution < -0.4 is 10.1 Å². The average Bonchev–Trinajstić information content (AvgIpc) is 2.77. The van der Waals surface area contributed by atoms with E-state index in [2.05, 4.69) is 5.32 Å². The van der Waals surface area contributed by atoms with Crippen LogP contribution in [0.1, 0.15) is 18.1 Å². The van der Waals surface area contributed by atoms with Crippen LogP contribution in [-0.2, 0) is 30.3 Å². The molecule has 0 heterocycles. The number of methoxy groups -OCH3 is 1. The van der Waals surface area contributed by atoms with Gasteiger partial charge in [-0.1, -0.05) is 30.3 Å². The minimum atomic E-state index is -0.966. The van der Waals surface area contributed by atoms with Crippen LogP contribution in [0.5, 0.6) is 5.75 Å². The van der Waals surface area contributed by atoms with E-state index in [1.165, 1.54) is 14.0 Å². The molecule has 1 N–H and O–H groups in total. The first-order valence-electron chi connectivity index (χ1n) is 9.17. The molecular formula is C22H22N2O6. The number of nitrogens with zero attached hydrogens (tertiary/aromatic N) is 1. The summed E-state index contributed by atoms with van der Waals surface area (Å²) in [6.07, 6.45) is -0.725. The Hall–Kier alpha value is -3.86. The fourth-order valence-electron chi connectivity index (χ4n) is 2.54. The van der Waals surface area contributed by atoms with E-state index in [-0.39, 0.29) is 6.42 Å². The van der Waals surface area contributed by atoms with Gasteiger partial charge in [0, 0.05) is 6.42 Å². The molecule has 0 aliphatic heterocycles. The van der Waals surface area contributed by atoms with Gasteiger partial charge in [0.15, 0.2) is 12.7 Å². The molecule has 0 saturated heterocycles. The standard InChI is InChI=1S/C22H22N2O6/c1-15(30-18-10-8-17(13-23)9-11-18)21(26)29-14-20(25)24-19(22(27)28-2)12-16-6-4-3-5-7-16/h3-11,15,19H,12,14H2,1-2H3,(H,24,25)/t15-,19-/m0/s1. The van der Waals surface area contributed by atoms with Gasteiger partial charge >= 0.3 is 11.9 Å². The zero-order valence-electron chi connectivity index (χ0n) is 16.7. The normalized spacial score (nSPS) is 12.0. The SMILES string of the molecule is COC(=O)[C@H](Cc1ccccc1)NC(=O)COC(=O)[C@H](C)Oc1ccc(C#N)cc1. The van der Waals surface area contributed by atoms with Gasteiger partial charge in [-0.15, -0.1) is 0 Å². The van der Waals surface area contributed by atoms with Crippen molar-refractivity contribution >= 4 is 17.8 Å². The molecule has 0 aliphatic rings. The first-order valence-corrected chi connectivity index (χ1v) is 9.17. The minimum absolute atomic E-state index is 0.241. The Morgan fingerprint density at radius 2 is 1.70 bits per heavy atom. The van der Waals surface area contributed by atoms with Crippen molar-refractivity contribution in [3.8, 4) is 11.8 Å². The zero-order chi connectivity index (χ0) is 21.9. The monoisotopic (exact) mass is 410 g/mol. The molecule has 0 unspecified atom stereocenters. The number of ether oxygens (including phenoxy) is 3. The van der Waals surface area contributed by atoms with Gasteiger partial charge in [0.1, 0.15) is 11.8 Å². The Morgan fingerprint density at radius 3 is 2.30 bits per heavy atom. The molecule has 0 radical (unpaired) electrons.